The van der Waals surface area contributed by atoms with Crippen LogP contribution in [0.5, 0.6) is 0 Å². The van der Waals surface area contributed by atoms with Gasteiger partial charge in [0.05, 0.1) is 0 Å². The van der Waals surface area contributed by atoms with Gasteiger partial charge in [0.15, 0.2) is 5.82 Å². The molecular weight excluding hydrogens is 366 g/mol. The number of aryl methyl sites for hydroxylation is 1. The van der Waals surface area contributed by atoms with Crippen molar-refractivity contribution in [3.8, 4) is 11.4 Å². The number of unbranched alkanes of at least 4 members (excludes halogenated alkanes) is 6. The molecule has 0 atom stereocenters. The van der Waals surface area contributed by atoms with Crippen LogP contribution in [0.1, 0.15) is 114 Å². The van der Waals surface area contributed by atoms with E-state index in [1.54, 1.807) is 0 Å². The second-order valence-corrected chi connectivity index (χ2v) is 9.26. The Bertz CT molecular complexity index is 700. The molecule has 0 amide bonds. The number of nitrogens with zero attached hydrogens (tertiary/aromatic N) is 3. The van der Waals surface area contributed by atoms with Crippen LogP contribution in [0, 0.1) is 5.92 Å². The molecule has 0 N–H and O–H groups in total. The summed E-state index contributed by atoms with van der Waals surface area (Å²) in [6.45, 7) is 4.56. The first-order valence-electron chi connectivity index (χ1n) is 12.6. The molecule has 0 aliphatic heterocycles. The standard InChI is InChI=1S/C27H41N3/c1-3-5-7-8-9-10-12-23-19-29-27(30-20-23)25-17-18-26(28-21-25)24-15-13-22(14-16-24)11-6-4-2/h17-22,24H,3-16H2,1-2H3. The lowest BCUT2D eigenvalue weighted by molar-refractivity contribution is 0.301. The molecule has 3 nitrogen and oxygen atoms in total. The van der Waals surface area contributed by atoms with Gasteiger partial charge < -0.3 is 0 Å². The molecule has 1 saturated carbocycles. The summed E-state index contributed by atoms with van der Waals surface area (Å²) >= 11 is 0. The first-order valence-corrected chi connectivity index (χ1v) is 12.6. The maximum absolute atomic E-state index is 4.79. The van der Waals surface area contributed by atoms with E-state index in [0.29, 0.717) is 5.92 Å². The lowest BCUT2D eigenvalue weighted by Crippen LogP contribution is -2.14. The fraction of sp³-hybridized carbons (Fsp3) is 0.667. The van der Waals surface area contributed by atoms with Crippen LogP contribution in [0.15, 0.2) is 30.7 Å². The molecule has 1 aliphatic rings. The summed E-state index contributed by atoms with van der Waals surface area (Å²) in [5.41, 5.74) is 3.53. The number of rotatable bonds is 12. The number of pyridine rings is 1. The minimum absolute atomic E-state index is 0.637. The van der Waals surface area contributed by atoms with Crippen molar-refractivity contribution in [3.05, 3.63) is 42.0 Å². The summed E-state index contributed by atoms with van der Waals surface area (Å²) in [5, 5.41) is 0. The van der Waals surface area contributed by atoms with Crippen molar-refractivity contribution in [1.82, 2.24) is 15.0 Å². The summed E-state index contributed by atoms with van der Waals surface area (Å²) < 4.78 is 0. The molecule has 0 spiro atoms. The third-order valence-electron chi connectivity index (χ3n) is 6.80. The molecule has 3 rings (SSSR count). The van der Waals surface area contributed by atoms with Crippen molar-refractivity contribution in [2.45, 2.75) is 110 Å². The Balaban J connectivity index is 1.45. The zero-order valence-electron chi connectivity index (χ0n) is 19.3. The number of hydrogen-bond acceptors (Lipinski definition) is 3. The van der Waals surface area contributed by atoms with Crippen molar-refractivity contribution in [2.75, 3.05) is 0 Å². The van der Waals surface area contributed by atoms with E-state index in [0.717, 1.165) is 23.7 Å². The van der Waals surface area contributed by atoms with Crippen LogP contribution in [0.4, 0.5) is 0 Å². The van der Waals surface area contributed by atoms with Gasteiger partial charge in [0.25, 0.3) is 0 Å². The predicted molar refractivity (Wildman–Crippen MR) is 127 cm³/mol. The van der Waals surface area contributed by atoms with Crippen LogP contribution in [0.2, 0.25) is 0 Å². The number of hydrogen-bond donors (Lipinski definition) is 0. The Morgan fingerprint density at radius 2 is 1.43 bits per heavy atom. The van der Waals surface area contributed by atoms with Crippen molar-refractivity contribution in [3.63, 3.8) is 0 Å². The quantitative estimate of drug-likeness (QED) is 0.335. The van der Waals surface area contributed by atoms with E-state index >= 15 is 0 Å². The molecule has 1 aliphatic carbocycles. The Morgan fingerprint density at radius 3 is 2.10 bits per heavy atom. The van der Waals surface area contributed by atoms with Crippen LogP contribution in [0.25, 0.3) is 11.4 Å². The maximum atomic E-state index is 4.79. The van der Waals surface area contributed by atoms with Gasteiger partial charge in [-0.25, -0.2) is 9.97 Å². The van der Waals surface area contributed by atoms with Crippen molar-refractivity contribution in [1.29, 1.82) is 0 Å². The first kappa shape index (κ1) is 22.9. The van der Waals surface area contributed by atoms with E-state index in [9.17, 15) is 0 Å². The second kappa shape index (κ2) is 12.8. The fourth-order valence-electron chi connectivity index (χ4n) is 4.76. The Kier molecular flexibility index (Phi) is 9.79. The average molecular weight is 408 g/mol. The molecule has 3 heteroatoms. The van der Waals surface area contributed by atoms with Crippen molar-refractivity contribution < 1.29 is 0 Å². The minimum atomic E-state index is 0.637. The summed E-state index contributed by atoms with van der Waals surface area (Å²) in [6, 6.07) is 4.37. The monoisotopic (exact) mass is 407 g/mol. The largest absolute Gasteiger partial charge is 0.260 e. The topological polar surface area (TPSA) is 38.7 Å². The highest BCUT2D eigenvalue weighted by atomic mass is 14.9. The first-order chi connectivity index (χ1) is 14.8. The molecule has 0 bridgehead atoms. The zero-order valence-corrected chi connectivity index (χ0v) is 19.3. The van der Waals surface area contributed by atoms with E-state index < -0.39 is 0 Å². The summed E-state index contributed by atoms with van der Waals surface area (Å²) in [6.07, 6.45) is 24.5. The lowest BCUT2D eigenvalue weighted by Gasteiger charge is -2.28. The third kappa shape index (κ3) is 7.18. The molecule has 2 aromatic heterocycles. The normalized spacial score (nSPS) is 19.1. The fourth-order valence-corrected chi connectivity index (χ4v) is 4.76. The maximum Gasteiger partial charge on any atom is 0.160 e. The van der Waals surface area contributed by atoms with Crippen LogP contribution < -0.4 is 0 Å². The summed E-state index contributed by atoms with van der Waals surface area (Å²) in [4.78, 5) is 14.0. The Hall–Kier alpha value is -1.77. The van der Waals surface area contributed by atoms with Gasteiger partial charge in [-0.3, -0.25) is 4.98 Å². The van der Waals surface area contributed by atoms with Crippen LogP contribution in [-0.4, -0.2) is 15.0 Å². The summed E-state index contributed by atoms with van der Waals surface area (Å²) in [5.74, 6) is 2.38. The van der Waals surface area contributed by atoms with Gasteiger partial charge in [-0.05, 0) is 62.1 Å². The molecule has 30 heavy (non-hydrogen) atoms. The SMILES string of the molecule is CCCCCCCCc1cnc(-c2ccc(C3CCC(CCCC)CC3)nc2)nc1. The molecule has 1 fully saturated rings. The number of aromatic nitrogens is 3. The van der Waals surface area contributed by atoms with Crippen molar-refractivity contribution >= 4 is 0 Å². The smallest absolute Gasteiger partial charge is 0.160 e. The predicted octanol–water partition coefficient (Wildman–Crippen LogP) is 7.91. The molecule has 2 heterocycles. The summed E-state index contributed by atoms with van der Waals surface area (Å²) in [7, 11) is 0. The van der Waals surface area contributed by atoms with Gasteiger partial charge in [-0.15, -0.1) is 0 Å². The van der Waals surface area contributed by atoms with Gasteiger partial charge in [-0.1, -0.05) is 65.2 Å². The second-order valence-electron chi connectivity index (χ2n) is 9.26. The molecule has 164 valence electrons. The van der Waals surface area contributed by atoms with E-state index in [-0.39, 0.29) is 0 Å². The highest BCUT2D eigenvalue weighted by Crippen LogP contribution is 2.37. The molecule has 0 radical (unpaired) electrons. The van der Waals surface area contributed by atoms with Gasteiger partial charge >= 0.3 is 0 Å². The van der Waals surface area contributed by atoms with Crippen molar-refractivity contribution in [2.24, 2.45) is 5.92 Å². The van der Waals surface area contributed by atoms with E-state index in [2.05, 4.69) is 35.9 Å². The van der Waals surface area contributed by atoms with E-state index in [1.165, 1.54) is 94.7 Å². The third-order valence-corrected chi connectivity index (χ3v) is 6.80. The van der Waals surface area contributed by atoms with Gasteiger partial charge in [0.2, 0.25) is 0 Å². The van der Waals surface area contributed by atoms with Crippen LogP contribution in [-0.2, 0) is 6.42 Å². The molecule has 0 aromatic carbocycles. The Labute approximate surface area is 184 Å². The van der Waals surface area contributed by atoms with Crippen LogP contribution >= 0.6 is 0 Å². The Morgan fingerprint density at radius 1 is 0.733 bits per heavy atom. The minimum Gasteiger partial charge on any atom is -0.260 e. The highest BCUT2D eigenvalue weighted by molar-refractivity contribution is 5.53. The lowest BCUT2D eigenvalue weighted by atomic mass is 9.78. The van der Waals surface area contributed by atoms with Crippen LogP contribution in [0.3, 0.4) is 0 Å². The molecular formula is C27H41N3. The van der Waals surface area contributed by atoms with Gasteiger partial charge in [-0.2, -0.15) is 0 Å². The zero-order chi connectivity index (χ0) is 21.0. The van der Waals surface area contributed by atoms with Gasteiger partial charge in [0.1, 0.15) is 0 Å². The molecule has 0 unspecified atom stereocenters. The molecule has 0 saturated heterocycles. The van der Waals surface area contributed by atoms with Gasteiger partial charge in [0, 0.05) is 35.8 Å². The average Bonchev–Trinajstić information content (AvgIpc) is 2.81. The van der Waals surface area contributed by atoms with E-state index in [4.69, 9.17) is 4.98 Å². The van der Waals surface area contributed by atoms with E-state index in [1.807, 2.05) is 18.6 Å². The molecule has 2 aromatic rings. The highest BCUT2D eigenvalue weighted by Gasteiger charge is 2.22.